The van der Waals surface area contributed by atoms with Crippen LogP contribution in [-0.2, 0) is 9.59 Å². The van der Waals surface area contributed by atoms with E-state index in [0.29, 0.717) is 0 Å². The van der Waals surface area contributed by atoms with Crippen molar-refractivity contribution in [2.24, 2.45) is 0 Å². The van der Waals surface area contributed by atoms with Gasteiger partial charge in [-0.2, -0.15) is 8.78 Å². The summed E-state index contributed by atoms with van der Waals surface area (Å²) in [6, 6.07) is 14.7. The van der Waals surface area contributed by atoms with Gasteiger partial charge in [0.2, 0.25) is 34.8 Å². The van der Waals surface area contributed by atoms with E-state index in [2.05, 4.69) is 4.74 Å². The highest BCUT2D eigenvalue weighted by Crippen LogP contribution is 2.39. The highest BCUT2D eigenvalue weighted by molar-refractivity contribution is 5.83. The van der Waals surface area contributed by atoms with Crippen molar-refractivity contribution in [1.29, 1.82) is 0 Å². The monoisotopic (exact) mass is 452 g/mol. The summed E-state index contributed by atoms with van der Waals surface area (Å²) in [5.74, 6) is -18.3. The number of benzene rings is 3. The quantitative estimate of drug-likeness (QED) is 0.121. The average molecular weight is 452 g/mol. The molecule has 0 aromatic heterocycles. The molecule has 0 aliphatic carbocycles. The maximum Gasteiger partial charge on any atom is 0.319 e. The molecule has 0 saturated heterocycles. The van der Waals surface area contributed by atoms with Gasteiger partial charge in [0, 0.05) is 5.92 Å². The Morgan fingerprint density at radius 3 is 1.62 bits per heavy atom. The van der Waals surface area contributed by atoms with E-state index >= 15 is 0 Å². The van der Waals surface area contributed by atoms with Crippen LogP contribution in [0, 0.1) is 29.1 Å². The molecule has 3 aromatic rings. The number of hydrogen-bond donors (Lipinski definition) is 0. The lowest BCUT2D eigenvalue weighted by Gasteiger charge is -2.27. The second kappa shape index (κ2) is 9.67. The van der Waals surface area contributed by atoms with Crippen LogP contribution in [0.1, 0.15) is 23.0 Å². The molecule has 9 heteroatoms. The second-order valence-corrected chi connectivity index (χ2v) is 6.73. The molecule has 0 N–H and O–H groups in total. The summed E-state index contributed by atoms with van der Waals surface area (Å²) < 4.78 is 87.8. The Kier molecular flexibility index (Phi) is 6.97. The molecule has 3 rings (SSSR count). The SMILES string of the molecule is O=C[C@@H](F)[C@H](c1ccccc1)[C@@H](C(=O)Oc1c(F)c(F)c(F)c(F)c1F)c1ccccc1. The van der Waals surface area contributed by atoms with Crippen LogP contribution in [0.15, 0.2) is 60.7 Å². The first-order valence-corrected chi connectivity index (χ1v) is 9.20. The fourth-order valence-corrected chi connectivity index (χ4v) is 3.31. The van der Waals surface area contributed by atoms with Gasteiger partial charge in [-0.1, -0.05) is 60.7 Å². The average Bonchev–Trinajstić information content (AvgIpc) is 2.83. The maximum absolute atomic E-state index is 14.8. The number of carbonyl (C=O) groups is 2. The van der Waals surface area contributed by atoms with Gasteiger partial charge >= 0.3 is 5.97 Å². The lowest BCUT2D eigenvalue weighted by atomic mass is 9.78. The number of alkyl halides is 1. The summed E-state index contributed by atoms with van der Waals surface area (Å²) in [4.78, 5) is 24.3. The van der Waals surface area contributed by atoms with E-state index in [4.69, 9.17) is 0 Å². The van der Waals surface area contributed by atoms with Crippen LogP contribution in [0.4, 0.5) is 26.3 Å². The Bertz CT molecular complexity index is 1090. The lowest BCUT2D eigenvalue weighted by Crippen LogP contribution is -2.31. The molecule has 0 fully saturated rings. The number of halogens is 6. The van der Waals surface area contributed by atoms with E-state index in [1.807, 2.05) is 0 Å². The maximum atomic E-state index is 14.8. The molecule has 0 unspecified atom stereocenters. The topological polar surface area (TPSA) is 43.4 Å². The van der Waals surface area contributed by atoms with Crippen LogP contribution in [0.5, 0.6) is 5.75 Å². The zero-order valence-electron chi connectivity index (χ0n) is 16.1. The first kappa shape index (κ1) is 23.1. The Morgan fingerprint density at radius 2 is 1.16 bits per heavy atom. The molecule has 0 saturated carbocycles. The van der Waals surface area contributed by atoms with Crippen LogP contribution < -0.4 is 4.74 Å². The van der Waals surface area contributed by atoms with Crippen molar-refractivity contribution in [3.8, 4) is 5.75 Å². The van der Waals surface area contributed by atoms with E-state index < -0.39 is 58.8 Å². The fraction of sp³-hybridized carbons (Fsp3) is 0.130. The molecular weight excluding hydrogens is 438 g/mol. The molecule has 0 amide bonds. The van der Waals surface area contributed by atoms with Gasteiger partial charge in [0.15, 0.2) is 12.5 Å². The predicted molar refractivity (Wildman–Crippen MR) is 101 cm³/mol. The minimum absolute atomic E-state index is 0.0563. The van der Waals surface area contributed by atoms with Crippen molar-refractivity contribution >= 4 is 12.3 Å². The van der Waals surface area contributed by atoms with Gasteiger partial charge in [0.05, 0.1) is 5.92 Å². The molecule has 3 nitrogen and oxygen atoms in total. The number of esters is 1. The lowest BCUT2D eigenvalue weighted by molar-refractivity contribution is -0.137. The third-order valence-electron chi connectivity index (χ3n) is 4.80. The molecular formula is C23H14F6O3. The minimum atomic E-state index is -2.42. The van der Waals surface area contributed by atoms with E-state index in [1.165, 1.54) is 48.5 Å². The molecule has 0 bridgehead atoms. The number of aldehydes is 1. The molecule has 0 radical (unpaired) electrons. The normalized spacial score (nSPS) is 13.8. The van der Waals surface area contributed by atoms with E-state index in [-0.39, 0.29) is 17.4 Å². The molecule has 166 valence electrons. The molecule has 0 heterocycles. The first-order chi connectivity index (χ1) is 15.3. The Balaban J connectivity index is 2.14. The smallest absolute Gasteiger partial charge is 0.319 e. The zero-order chi connectivity index (χ0) is 23.4. The summed E-state index contributed by atoms with van der Waals surface area (Å²) in [5.41, 5.74) is 0.273. The van der Waals surface area contributed by atoms with Crippen molar-refractivity contribution in [1.82, 2.24) is 0 Å². The largest absolute Gasteiger partial charge is 0.419 e. The fourth-order valence-electron chi connectivity index (χ4n) is 3.31. The van der Waals surface area contributed by atoms with E-state index in [9.17, 15) is 35.9 Å². The second-order valence-electron chi connectivity index (χ2n) is 6.73. The zero-order valence-corrected chi connectivity index (χ0v) is 16.1. The number of ether oxygens (including phenoxy) is 1. The summed E-state index contributed by atoms with van der Waals surface area (Å²) in [5, 5.41) is 0. The summed E-state index contributed by atoms with van der Waals surface area (Å²) in [6.45, 7) is 0. The summed E-state index contributed by atoms with van der Waals surface area (Å²) in [7, 11) is 0. The number of rotatable bonds is 7. The van der Waals surface area contributed by atoms with Crippen molar-refractivity contribution in [2.45, 2.75) is 18.0 Å². The van der Waals surface area contributed by atoms with Crippen LogP contribution in [0.3, 0.4) is 0 Å². The predicted octanol–water partition coefficient (Wildman–Crippen LogP) is 5.39. The Morgan fingerprint density at radius 1 is 0.719 bits per heavy atom. The number of hydrogen-bond acceptors (Lipinski definition) is 3. The van der Waals surface area contributed by atoms with Crippen LogP contribution in [-0.4, -0.2) is 18.4 Å². The van der Waals surface area contributed by atoms with Gasteiger partial charge in [-0.3, -0.25) is 4.79 Å². The third-order valence-corrected chi connectivity index (χ3v) is 4.80. The Hall–Kier alpha value is -3.62. The molecule has 32 heavy (non-hydrogen) atoms. The Labute approximate surface area is 178 Å². The van der Waals surface area contributed by atoms with E-state index in [0.717, 1.165) is 0 Å². The van der Waals surface area contributed by atoms with Gasteiger partial charge in [-0.05, 0) is 11.1 Å². The van der Waals surface area contributed by atoms with Crippen molar-refractivity contribution in [3.05, 3.63) is 101 Å². The van der Waals surface area contributed by atoms with Crippen molar-refractivity contribution in [2.75, 3.05) is 0 Å². The summed E-state index contributed by atoms with van der Waals surface area (Å²) >= 11 is 0. The van der Waals surface area contributed by atoms with Gasteiger partial charge in [0.25, 0.3) is 0 Å². The standard InChI is InChI=1S/C23H14F6O3/c24-14(11-30)15(12-7-3-1-4-8-12)16(13-9-5-2-6-10-13)23(31)32-22-20(28)18(26)17(25)19(27)21(22)29/h1-11,14-16H/t14-,15+,16+/m1/s1. The van der Waals surface area contributed by atoms with Crippen molar-refractivity contribution < 1.29 is 40.7 Å². The van der Waals surface area contributed by atoms with Gasteiger partial charge in [-0.25, -0.2) is 17.6 Å². The van der Waals surface area contributed by atoms with Crippen LogP contribution in [0.2, 0.25) is 0 Å². The molecule has 0 spiro atoms. The van der Waals surface area contributed by atoms with Crippen molar-refractivity contribution in [3.63, 3.8) is 0 Å². The van der Waals surface area contributed by atoms with Gasteiger partial charge in [-0.15, -0.1) is 0 Å². The third kappa shape index (κ3) is 4.37. The molecule has 3 aromatic carbocycles. The highest BCUT2D eigenvalue weighted by atomic mass is 19.2. The molecule has 3 atom stereocenters. The highest BCUT2D eigenvalue weighted by Gasteiger charge is 2.40. The minimum Gasteiger partial charge on any atom is -0.419 e. The van der Waals surface area contributed by atoms with Crippen LogP contribution >= 0.6 is 0 Å². The number of carbonyl (C=O) groups excluding carboxylic acids is 2. The molecule has 0 aliphatic rings. The van der Waals surface area contributed by atoms with Gasteiger partial charge in [0.1, 0.15) is 0 Å². The van der Waals surface area contributed by atoms with Crippen LogP contribution in [0.25, 0.3) is 0 Å². The van der Waals surface area contributed by atoms with Gasteiger partial charge < -0.3 is 9.53 Å². The van der Waals surface area contributed by atoms with E-state index in [1.54, 1.807) is 12.1 Å². The summed E-state index contributed by atoms with van der Waals surface area (Å²) in [6.07, 6.45) is -2.31. The first-order valence-electron chi connectivity index (χ1n) is 9.20. The molecule has 0 aliphatic heterocycles.